The summed E-state index contributed by atoms with van der Waals surface area (Å²) in [5, 5.41) is 10.3. The lowest BCUT2D eigenvalue weighted by Gasteiger charge is -2.31. The highest BCUT2D eigenvalue weighted by Gasteiger charge is 2.46. The van der Waals surface area contributed by atoms with Crippen LogP contribution in [0.4, 0.5) is 0 Å². The fourth-order valence-electron chi connectivity index (χ4n) is 2.29. The zero-order valence-electron chi connectivity index (χ0n) is 8.06. The van der Waals surface area contributed by atoms with E-state index in [1.807, 2.05) is 18.2 Å². The number of ether oxygens (including phenoxy) is 1. The number of benzene rings is 1. The Hall–Kier alpha value is -1.61. The zero-order valence-corrected chi connectivity index (χ0v) is 8.06. The van der Waals surface area contributed by atoms with Crippen molar-refractivity contribution in [2.24, 2.45) is 0 Å². The van der Waals surface area contributed by atoms with Crippen LogP contribution in [-0.4, -0.2) is 11.1 Å². The molecule has 76 valence electrons. The van der Waals surface area contributed by atoms with E-state index < -0.39 is 11.8 Å². The molecule has 3 heteroatoms. The average Bonchev–Trinajstić information content (AvgIpc) is 2.53. The van der Waals surface area contributed by atoms with Crippen LogP contribution >= 0.6 is 0 Å². The molecule has 1 atom stereocenters. The molecule has 3 nitrogen and oxygen atoms in total. The number of carbonyl (C=O) groups excluding carboxylic acids is 1. The molecule has 1 N–H and O–H groups in total. The summed E-state index contributed by atoms with van der Waals surface area (Å²) in [5.41, 5.74) is 2.42. The van der Waals surface area contributed by atoms with Crippen LogP contribution in [0.15, 0.2) is 35.9 Å². The number of aryl methyl sites for hydroxylation is 1. The lowest BCUT2D eigenvalue weighted by molar-refractivity contribution is -0.187. The Kier molecular flexibility index (Phi) is 1.56. The number of hydrogen-bond acceptors (Lipinski definition) is 3. The van der Waals surface area contributed by atoms with Crippen molar-refractivity contribution in [1.29, 1.82) is 0 Å². The summed E-state index contributed by atoms with van der Waals surface area (Å²) >= 11 is 0. The average molecular weight is 202 g/mol. The van der Waals surface area contributed by atoms with Gasteiger partial charge in [0.2, 0.25) is 0 Å². The topological polar surface area (TPSA) is 46.5 Å². The van der Waals surface area contributed by atoms with Gasteiger partial charge in [-0.05, 0) is 18.4 Å². The second-order valence-electron chi connectivity index (χ2n) is 3.89. The van der Waals surface area contributed by atoms with Crippen molar-refractivity contribution in [2.45, 2.75) is 18.6 Å². The molecule has 2 aliphatic rings. The third-order valence-corrected chi connectivity index (χ3v) is 3.02. The molecule has 0 saturated carbocycles. The molecule has 1 aliphatic carbocycles. The van der Waals surface area contributed by atoms with Crippen LogP contribution in [0, 0.1) is 0 Å². The molecule has 1 aromatic rings. The van der Waals surface area contributed by atoms with E-state index in [4.69, 9.17) is 4.74 Å². The number of fused-ring (bicyclic) bond motifs is 3. The third kappa shape index (κ3) is 1.07. The zero-order chi connectivity index (χ0) is 10.5. The maximum atomic E-state index is 11.2. The summed E-state index contributed by atoms with van der Waals surface area (Å²) in [6, 6.07) is 7.52. The molecule has 0 radical (unpaired) electrons. The molecule has 0 amide bonds. The second-order valence-corrected chi connectivity index (χ2v) is 3.89. The third-order valence-electron chi connectivity index (χ3n) is 3.02. The van der Waals surface area contributed by atoms with Gasteiger partial charge >= 0.3 is 5.97 Å². The molecule has 1 unspecified atom stereocenters. The molecule has 1 aliphatic heterocycles. The van der Waals surface area contributed by atoms with E-state index in [0.29, 0.717) is 17.6 Å². The standard InChI is InChI=1S/C12H10O3/c13-11-7-9-6-5-8-3-1-2-4-10(8)12(9,14)15-11/h1-4,7,14H,5-6H2. The van der Waals surface area contributed by atoms with Crippen molar-refractivity contribution >= 4 is 5.97 Å². The smallest absolute Gasteiger partial charge is 0.333 e. The Labute approximate surface area is 87.0 Å². The maximum Gasteiger partial charge on any atom is 0.333 e. The number of aliphatic hydroxyl groups is 1. The van der Waals surface area contributed by atoms with Gasteiger partial charge in [0.15, 0.2) is 0 Å². The lowest BCUT2D eigenvalue weighted by atomic mass is 9.83. The second kappa shape index (κ2) is 2.70. The predicted octanol–water partition coefficient (Wildman–Crippen LogP) is 1.26. The largest absolute Gasteiger partial charge is 0.421 e. The Morgan fingerprint density at radius 3 is 2.93 bits per heavy atom. The number of carbonyl (C=O) groups is 1. The fourth-order valence-corrected chi connectivity index (χ4v) is 2.29. The minimum Gasteiger partial charge on any atom is -0.421 e. The van der Waals surface area contributed by atoms with Crippen LogP contribution in [0.25, 0.3) is 0 Å². The van der Waals surface area contributed by atoms with E-state index in [2.05, 4.69) is 0 Å². The summed E-state index contributed by atoms with van der Waals surface area (Å²) in [4.78, 5) is 11.2. The minimum absolute atomic E-state index is 0.454. The normalized spacial score (nSPS) is 27.8. The minimum atomic E-state index is -1.49. The monoisotopic (exact) mass is 202 g/mol. The van der Waals surface area contributed by atoms with Crippen molar-refractivity contribution < 1.29 is 14.6 Å². The van der Waals surface area contributed by atoms with Crippen LogP contribution in [0.2, 0.25) is 0 Å². The Balaban J connectivity index is 2.21. The lowest BCUT2D eigenvalue weighted by Crippen LogP contribution is -2.33. The van der Waals surface area contributed by atoms with Crippen molar-refractivity contribution in [3.05, 3.63) is 47.0 Å². The van der Waals surface area contributed by atoms with Gasteiger partial charge in [-0.1, -0.05) is 24.3 Å². The molecule has 3 rings (SSSR count). The molecule has 1 aromatic carbocycles. The summed E-state index contributed by atoms with van der Waals surface area (Å²) in [6.07, 6.45) is 2.93. The molecule has 15 heavy (non-hydrogen) atoms. The van der Waals surface area contributed by atoms with E-state index in [1.165, 1.54) is 6.08 Å². The van der Waals surface area contributed by atoms with Gasteiger partial charge in [-0.15, -0.1) is 0 Å². The van der Waals surface area contributed by atoms with E-state index in [9.17, 15) is 9.90 Å². The molecular weight excluding hydrogens is 192 g/mol. The fraction of sp³-hybridized carbons (Fsp3) is 0.250. The first kappa shape index (κ1) is 8.68. The van der Waals surface area contributed by atoms with E-state index in [-0.39, 0.29) is 0 Å². The van der Waals surface area contributed by atoms with Crippen LogP contribution in [-0.2, 0) is 21.7 Å². The molecular formula is C12H10O3. The van der Waals surface area contributed by atoms with Crippen LogP contribution in [0.3, 0.4) is 0 Å². The van der Waals surface area contributed by atoms with Gasteiger partial charge in [0, 0.05) is 17.2 Å². The Bertz CT molecular complexity index is 476. The molecule has 1 heterocycles. The highest BCUT2D eigenvalue weighted by Crippen LogP contribution is 2.43. The van der Waals surface area contributed by atoms with Crippen molar-refractivity contribution in [3.8, 4) is 0 Å². The Morgan fingerprint density at radius 2 is 2.07 bits per heavy atom. The van der Waals surface area contributed by atoms with Gasteiger partial charge in [-0.3, -0.25) is 0 Å². The molecule has 0 fully saturated rings. The van der Waals surface area contributed by atoms with Gasteiger partial charge in [0.25, 0.3) is 5.79 Å². The van der Waals surface area contributed by atoms with Crippen LogP contribution in [0.1, 0.15) is 17.5 Å². The maximum absolute atomic E-state index is 11.2. The molecule has 0 spiro atoms. The Morgan fingerprint density at radius 1 is 1.27 bits per heavy atom. The van der Waals surface area contributed by atoms with E-state index in [1.54, 1.807) is 6.07 Å². The van der Waals surface area contributed by atoms with Gasteiger partial charge < -0.3 is 9.84 Å². The summed E-state index contributed by atoms with van der Waals surface area (Å²) in [5.74, 6) is -1.95. The predicted molar refractivity (Wildman–Crippen MR) is 52.8 cm³/mol. The summed E-state index contributed by atoms with van der Waals surface area (Å²) in [6.45, 7) is 0. The van der Waals surface area contributed by atoms with Crippen molar-refractivity contribution in [2.75, 3.05) is 0 Å². The first-order valence-electron chi connectivity index (χ1n) is 4.95. The van der Waals surface area contributed by atoms with Crippen LogP contribution < -0.4 is 0 Å². The molecule has 0 aromatic heterocycles. The highest BCUT2D eigenvalue weighted by atomic mass is 16.7. The number of esters is 1. The quantitative estimate of drug-likeness (QED) is 0.644. The van der Waals surface area contributed by atoms with Gasteiger partial charge in [0.1, 0.15) is 0 Å². The first-order chi connectivity index (χ1) is 7.20. The van der Waals surface area contributed by atoms with Crippen molar-refractivity contribution in [3.63, 3.8) is 0 Å². The van der Waals surface area contributed by atoms with E-state index >= 15 is 0 Å². The van der Waals surface area contributed by atoms with Gasteiger partial charge in [-0.2, -0.15) is 0 Å². The summed E-state index contributed by atoms with van der Waals surface area (Å²) in [7, 11) is 0. The first-order valence-corrected chi connectivity index (χ1v) is 4.95. The highest BCUT2D eigenvalue weighted by molar-refractivity contribution is 5.87. The number of rotatable bonds is 0. The van der Waals surface area contributed by atoms with Gasteiger partial charge in [-0.25, -0.2) is 4.79 Å². The summed E-state index contributed by atoms with van der Waals surface area (Å²) < 4.78 is 5.00. The van der Waals surface area contributed by atoms with Gasteiger partial charge in [0.05, 0.1) is 0 Å². The van der Waals surface area contributed by atoms with Crippen LogP contribution in [0.5, 0.6) is 0 Å². The molecule has 0 saturated heterocycles. The number of hydrogen-bond donors (Lipinski definition) is 1. The van der Waals surface area contributed by atoms with Crippen molar-refractivity contribution in [1.82, 2.24) is 0 Å². The molecule has 0 bridgehead atoms. The van der Waals surface area contributed by atoms with E-state index in [0.717, 1.165) is 12.0 Å². The SMILES string of the molecule is O=C1C=C2CCc3ccccc3C2(O)O1.